The molecule has 2 unspecified atom stereocenters. The van der Waals surface area contributed by atoms with Gasteiger partial charge >= 0.3 is 5.97 Å². The van der Waals surface area contributed by atoms with E-state index in [4.69, 9.17) is 9.47 Å². The van der Waals surface area contributed by atoms with Gasteiger partial charge < -0.3 is 19.4 Å². The number of allylic oxidation sites excluding steroid dienone is 1. The van der Waals surface area contributed by atoms with Gasteiger partial charge in [0.25, 0.3) is 0 Å². The van der Waals surface area contributed by atoms with E-state index in [9.17, 15) is 14.7 Å². The van der Waals surface area contributed by atoms with Crippen molar-refractivity contribution in [3.63, 3.8) is 0 Å². The van der Waals surface area contributed by atoms with Crippen molar-refractivity contribution in [2.24, 2.45) is 5.41 Å². The summed E-state index contributed by atoms with van der Waals surface area (Å²) in [5.41, 5.74) is 0.784. The summed E-state index contributed by atoms with van der Waals surface area (Å²) in [7, 11) is 0. The van der Waals surface area contributed by atoms with Crippen LogP contribution in [0.15, 0.2) is 42.5 Å². The zero-order valence-electron chi connectivity index (χ0n) is 16.6. The third-order valence-corrected chi connectivity index (χ3v) is 4.34. The Morgan fingerprint density at radius 2 is 1.93 bits per heavy atom. The summed E-state index contributed by atoms with van der Waals surface area (Å²) >= 11 is 0. The Morgan fingerprint density at radius 1 is 1.22 bits per heavy atom. The van der Waals surface area contributed by atoms with Crippen molar-refractivity contribution in [1.82, 2.24) is 0 Å². The first-order valence-corrected chi connectivity index (χ1v) is 9.40. The Bertz CT molecular complexity index is 576. The van der Waals surface area contributed by atoms with Crippen LogP contribution in [0.2, 0.25) is 0 Å². The molecule has 27 heavy (non-hydrogen) atoms. The van der Waals surface area contributed by atoms with Gasteiger partial charge in [-0.2, -0.15) is 0 Å². The van der Waals surface area contributed by atoms with Crippen molar-refractivity contribution >= 4 is 11.8 Å². The molecule has 0 radical (unpaired) electrons. The third kappa shape index (κ3) is 11.4. The normalized spacial score (nSPS) is 14.7. The van der Waals surface area contributed by atoms with Gasteiger partial charge in [-0.05, 0) is 25.3 Å². The fraction of sp³-hybridized carbons (Fsp3) is 0.545. The van der Waals surface area contributed by atoms with E-state index in [-0.39, 0.29) is 23.8 Å². The fourth-order valence-electron chi connectivity index (χ4n) is 2.56. The highest BCUT2D eigenvalue weighted by Crippen LogP contribution is 2.29. The second-order valence-corrected chi connectivity index (χ2v) is 7.32. The third-order valence-electron chi connectivity index (χ3n) is 4.34. The second kappa shape index (κ2) is 12.4. The number of hydrogen-bond acceptors (Lipinski definition) is 5. The Balaban J connectivity index is 2.37. The summed E-state index contributed by atoms with van der Waals surface area (Å²) in [4.78, 5) is 22.4. The van der Waals surface area contributed by atoms with Crippen LogP contribution >= 0.6 is 0 Å². The summed E-state index contributed by atoms with van der Waals surface area (Å²) in [6.07, 6.45) is 5.26. The van der Waals surface area contributed by atoms with Crippen LogP contribution in [-0.2, 0) is 25.7 Å². The largest absolute Gasteiger partial charge is 0.465 e. The van der Waals surface area contributed by atoms with Crippen molar-refractivity contribution in [3.8, 4) is 0 Å². The summed E-state index contributed by atoms with van der Waals surface area (Å²) in [5, 5.41) is 10.1. The molecule has 150 valence electrons. The first-order chi connectivity index (χ1) is 12.8. The number of esters is 1. The molecule has 1 N–H and O–H groups in total. The van der Waals surface area contributed by atoms with E-state index in [0.29, 0.717) is 38.9 Å². The van der Waals surface area contributed by atoms with Gasteiger partial charge in [-0.25, -0.2) is 0 Å². The molecule has 1 aromatic carbocycles. The lowest BCUT2D eigenvalue weighted by Gasteiger charge is -2.27. The molecule has 2 atom stereocenters. The van der Waals surface area contributed by atoms with Gasteiger partial charge in [0.1, 0.15) is 5.78 Å². The Labute approximate surface area is 162 Å². The average molecular weight is 376 g/mol. The van der Waals surface area contributed by atoms with E-state index in [0.717, 1.165) is 5.56 Å². The lowest BCUT2D eigenvalue weighted by atomic mass is 9.82. The van der Waals surface area contributed by atoms with Crippen LogP contribution < -0.4 is 0 Å². The minimum atomic E-state index is -0.591. The highest BCUT2D eigenvalue weighted by Gasteiger charge is 2.25. The zero-order chi connectivity index (χ0) is 20.1. The first kappa shape index (κ1) is 23.1. The Hall–Kier alpha value is -1.98. The molecule has 1 aromatic rings. The molecule has 0 saturated heterocycles. The van der Waals surface area contributed by atoms with E-state index in [2.05, 4.69) is 0 Å². The summed E-state index contributed by atoms with van der Waals surface area (Å²) in [6, 6.07) is 9.90. The molecule has 1 rings (SSSR count). The van der Waals surface area contributed by atoms with Crippen molar-refractivity contribution in [2.75, 3.05) is 13.2 Å². The van der Waals surface area contributed by atoms with Crippen molar-refractivity contribution in [3.05, 3.63) is 48.0 Å². The lowest BCUT2D eigenvalue weighted by Crippen LogP contribution is -2.25. The molecule has 0 bridgehead atoms. The quantitative estimate of drug-likeness (QED) is 0.322. The number of carbonyl (C=O) groups excluding carboxylic acids is 2. The van der Waals surface area contributed by atoms with E-state index in [1.54, 1.807) is 13.0 Å². The topological polar surface area (TPSA) is 72.8 Å². The van der Waals surface area contributed by atoms with Crippen molar-refractivity contribution < 1.29 is 24.2 Å². The van der Waals surface area contributed by atoms with Gasteiger partial charge in [-0.1, -0.05) is 49.4 Å². The van der Waals surface area contributed by atoms with Gasteiger partial charge in [-0.3, -0.25) is 4.79 Å². The molecule has 0 heterocycles. The molecule has 0 aliphatic carbocycles. The second-order valence-electron chi connectivity index (χ2n) is 7.32. The number of ether oxygens (including phenoxy) is 2. The molecule has 0 amide bonds. The van der Waals surface area contributed by atoms with Crippen LogP contribution in [0.4, 0.5) is 0 Å². The van der Waals surface area contributed by atoms with Gasteiger partial charge in [0.2, 0.25) is 0 Å². The molecule has 0 aliphatic rings. The zero-order valence-corrected chi connectivity index (χ0v) is 16.6. The SMILES string of the molecule is CC(=O)CCC(C)(C/C=C/C(O)CCOCc1ccccc1)COC(C)=O. The van der Waals surface area contributed by atoms with Crippen LogP contribution in [-0.4, -0.2) is 36.2 Å². The average Bonchev–Trinajstić information content (AvgIpc) is 2.63. The number of aliphatic hydroxyl groups is 1. The van der Waals surface area contributed by atoms with E-state index < -0.39 is 6.10 Å². The summed E-state index contributed by atoms with van der Waals surface area (Å²) < 4.78 is 10.7. The predicted molar refractivity (Wildman–Crippen MR) is 105 cm³/mol. The van der Waals surface area contributed by atoms with Crippen LogP contribution in [0.25, 0.3) is 0 Å². The number of Topliss-reactive ketones (excluding diaryl/α,β-unsaturated/α-hetero) is 1. The number of ketones is 1. The molecule has 5 nitrogen and oxygen atoms in total. The first-order valence-electron chi connectivity index (χ1n) is 9.40. The minimum Gasteiger partial charge on any atom is -0.465 e. The fourth-order valence-corrected chi connectivity index (χ4v) is 2.56. The monoisotopic (exact) mass is 376 g/mol. The van der Waals surface area contributed by atoms with Crippen molar-refractivity contribution in [2.45, 2.75) is 59.2 Å². The van der Waals surface area contributed by atoms with E-state index >= 15 is 0 Å². The molecule has 5 heteroatoms. The molecular weight excluding hydrogens is 344 g/mol. The maximum absolute atomic E-state index is 11.3. The summed E-state index contributed by atoms with van der Waals surface area (Å²) in [6.45, 7) is 6.18. The van der Waals surface area contributed by atoms with Crippen LogP contribution in [0.3, 0.4) is 0 Å². The molecule has 0 saturated carbocycles. The van der Waals surface area contributed by atoms with E-state index in [1.807, 2.05) is 43.3 Å². The molecule has 0 aliphatic heterocycles. The van der Waals surface area contributed by atoms with Crippen LogP contribution in [0, 0.1) is 5.41 Å². The van der Waals surface area contributed by atoms with Gasteiger partial charge in [0, 0.05) is 31.8 Å². The number of rotatable bonds is 13. The minimum absolute atomic E-state index is 0.114. The van der Waals surface area contributed by atoms with E-state index in [1.165, 1.54) is 6.92 Å². The maximum Gasteiger partial charge on any atom is 0.302 e. The number of hydrogen-bond donors (Lipinski definition) is 1. The lowest BCUT2D eigenvalue weighted by molar-refractivity contribution is -0.144. The molecule has 0 spiro atoms. The van der Waals surface area contributed by atoms with Gasteiger partial charge in [0.05, 0.1) is 19.3 Å². The Morgan fingerprint density at radius 3 is 2.56 bits per heavy atom. The molecule has 0 aromatic heterocycles. The van der Waals surface area contributed by atoms with Gasteiger partial charge in [0.15, 0.2) is 0 Å². The highest BCUT2D eigenvalue weighted by atomic mass is 16.5. The smallest absolute Gasteiger partial charge is 0.302 e. The molecular formula is C22H32O5. The van der Waals surface area contributed by atoms with Crippen LogP contribution in [0.5, 0.6) is 0 Å². The molecule has 0 fully saturated rings. The number of aliphatic hydroxyl groups excluding tert-OH is 1. The van der Waals surface area contributed by atoms with Gasteiger partial charge in [-0.15, -0.1) is 0 Å². The maximum atomic E-state index is 11.3. The predicted octanol–water partition coefficient (Wildman–Crippen LogP) is 3.84. The summed E-state index contributed by atoms with van der Waals surface area (Å²) in [5.74, 6) is -0.216. The van der Waals surface area contributed by atoms with Crippen LogP contribution in [0.1, 0.15) is 52.0 Å². The Kier molecular flexibility index (Phi) is 10.6. The number of benzene rings is 1. The number of carbonyl (C=O) groups is 2. The highest BCUT2D eigenvalue weighted by molar-refractivity contribution is 5.75. The standard InChI is InChI=1S/C22H32O5/c1-18(23)11-14-22(3,17-27-19(2)24)13-7-10-21(25)12-15-26-16-20-8-5-4-6-9-20/h4-10,21,25H,11-17H2,1-3H3/b10-7+. The van der Waals surface area contributed by atoms with Crippen molar-refractivity contribution in [1.29, 1.82) is 0 Å².